The van der Waals surface area contributed by atoms with E-state index in [-0.39, 0.29) is 11.4 Å². The zero-order valence-corrected chi connectivity index (χ0v) is 7.73. The van der Waals surface area contributed by atoms with Gasteiger partial charge in [-0.25, -0.2) is 0 Å². The molecule has 1 rings (SSSR count). The highest BCUT2D eigenvalue weighted by molar-refractivity contribution is 5.75. The Morgan fingerprint density at radius 2 is 2.08 bits per heavy atom. The van der Waals surface area contributed by atoms with Gasteiger partial charge in [0.1, 0.15) is 0 Å². The molecule has 4 nitrogen and oxygen atoms in total. The fourth-order valence-corrected chi connectivity index (χ4v) is 1.81. The van der Waals surface area contributed by atoms with Gasteiger partial charge in [0.05, 0.1) is 5.41 Å². The van der Waals surface area contributed by atoms with E-state index in [1.165, 1.54) is 6.42 Å². The standard InChI is InChI=1S/C9H16N3O/c10-8(11)12-6-9(7-13)4-2-1-3-5-9/h1-6H2,(H4,10,11,12). The number of hydrogen-bond acceptors (Lipinski definition) is 2. The molecule has 1 fully saturated rings. The largest absolute Gasteiger partial charge is 0.370 e. The normalized spacial score (nSPS) is 20.6. The molecule has 1 saturated carbocycles. The average molecular weight is 182 g/mol. The van der Waals surface area contributed by atoms with E-state index in [4.69, 9.17) is 11.1 Å². The molecule has 0 aromatic carbocycles. The van der Waals surface area contributed by atoms with E-state index in [0.29, 0.717) is 6.54 Å². The number of nitrogens with two attached hydrogens (primary N) is 1. The van der Waals surface area contributed by atoms with Crippen molar-refractivity contribution in [3.63, 3.8) is 0 Å². The second-order valence-electron chi connectivity index (χ2n) is 3.71. The molecule has 0 aliphatic heterocycles. The van der Waals surface area contributed by atoms with E-state index in [1.807, 2.05) is 0 Å². The van der Waals surface area contributed by atoms with Gasteiger partial charge in [0, 0.05) is 6.54 Å². The zero-order chi connectivity index (χ0) is 9.73. The van der Waals surface area contributed by atoms with Gasteiger partial charge in [-0.2, -0.15) is 0 Å². The minimum absolute atomic E-state index is 0.0693. The Labute approximate surface area is 78.4 Å². The van der Waals surface area contributed by atoms with Gasteiger partial charge in [-0.3, -0.25) is 10.2 Å². The summed E-state index contributed by atoms with van der Waals surface area (Å²) in [6.45, 7) is 0.464. The predicted molar refractivity (Wildman–Crippen MR) is 51.1 cm³/mol. The van der Waals surface area contributed by atoms with Crippen LogP contribution in [0.5, 0.6) is 0 Å². The first-order valence-electron chi connectivity index (χ1n) is 4.66. The van der Waals surface area contributed by atoms with Crippen LogP contribution in [-0.4, -0.2) is 18.8 Å². The Bertz CT molecular complexity index is 197. The van der Waals surface area contributed by atoms with Gasteiger partial charge in [0.25, 0.3) is 0 Å². The van der Waals surface area contributed by atoms with Gasteiger partial charge in [0.15, 0.2) is 5.96 Å². The maximum atomic E-state index is 10.8. The lowest BCUT2D eigenvalue weighted by molar-refractivity contribution is 0.271. The van der Waals surface area contributed by atoms with Gasteiger partial charge in [0.2, 0.25) is 6.29 Å². The van der Waals surface area contributed by atoms with E-state index in [0.717, 1.165) is 25.7 Å². The van der Waals surface area contributed by atoms with Crippen molar-refractivity contribution in [3.8, 4) is 0 Å². The number of guanidine groups is 1. The summed E-state index contributed by atoms with van der Waals surface area (Å²) in [4.78, 5) is 10.8. The molecular formula is C9H16N3O. The van der Waals surface area contributed by atoms with Crippen LogP contribution in [0.15, 0.2) is 0 Å². The summed E-state index contributed by atoms with van der Waals surface area (Å²) in [6.07, 6.45) is 7.21. The lowest BCUT2D eigenvalue weighted by atomic mass is 9.75. The summed E-state index contributed by atoms with van der Waals surface area (Å²) in [5.41, 5.74) is 4.78. The Morgan fingerprint density at radius 3 is 2.54 bits per heavy atom. The maximum absolute atomic E-state index is 10.8. The minimum Gasteiger partial charge on any atom is -0.370 e. The van der Waals surface area contributed by atoms with Crippen LogP contribution in [0.25, 0.3) is 0 Å². The Hall–Kier alpha value is -1.06. The van der Waals surface area contributed by atoms with Crippen LogP contribution in [0.3, 0.4) is 0 Å². The molecule has 1 radical (unpaired) electrons. The first-order chi connectivity index (χ1) is 6.18. The van der Waals surface area contributed by atoms with Gasteiger partial charge >= 0.3 is 0 Å². The van der Waals surface area contributed by atoms with Crippen molar-refractivity contribution in [2.24, 2.45) is 11.1 Å². The van der Waals surface area contributed by atoms with Crippen molar-refractivity contribution < 1.29 is 4.79 Å². The van der Waals surface area contributed by atoms with Gasteiger partial charge in [-0.1, -0.05) is 19.3 Å². The Morgan fingerprint density at radius 1 is 1.46 bits per heavy atom. The van der Waals surface area contributed by atoms with E-state index >= 15 is 0 Å². The van der Waals surface area contributed by atoms with Crippen molar-refractivity contribution in [2.75, 3.05) is 6.54 Å². The highest BCUT2D eigenvalue weighted by Gasteiger charge is 2.32. The van der Waals surface area contributed by atoms with Crippen LogP contribution in [0, 0.1) is 10.8 Å². The molecule has 0 unspecified atom stereocenters. The third-order valence-corrected chi connectivity index (χ3v) is 2.64. The fourth-order valence-electron chi connectivity index (χ4n) is 1.81. The van der Waals surface area contributed by atoms with Crippen LogP contribution >= 0.6 is 0 Å². The molecule has 0 heterocycles. The molecule has 1 aliphatic rings. The van der Waals surface area contributed by atoms with E-state index < -0.39 is 0 Å². The lowest BCUT2D eigenvalue weighted by Gasteiger charge is -2.31. The highest BCUT2D eigenvalue weighted by atomic mass is 16.1. The lowest BCUT2D eigenvalue weighted by Crippen LogP contribution is -2.42. The summed E-state index contributed by atoms with van der Waals surface area (Å²) in [5, 5.41) is 9.72. The number of nitrogens with one attached hydrogen (secondary N) is 2. The molecule has 0 saturated heterocycles. The van der Waals surface area contributed by atoms with Gasteiger partial charge < -0.3 is 11.1 Å². The second kappa shape index (κ2) is 4.25. The molecule has 4 N–H and O–H groups in total. The second-order valence-corrected chi connectivity index (χ2v) is 3.71. The molecule has 0 bridgehead atoms. The highest BCUT2D eigenvalue weighted by Crippen LogP contribution is 2.33. The fraction of sp³-hybridized carbons (Fsp3) is 0.778. The van der Waals surface area contributed by atoms with E-state index in [9.17, 15) is 4.79 Å². The summed E-state index contributed by atoms with van der Waals surface area (Å²) < 4.78 is 0. The number of carbonyl (C=O) groups excluding carboxylic acids is 1. The van der Waals surface area contributed by atoms with Crippen LogP contribution in [0.1, 0.15) is 32.1 Å². The molecule has 73 valence electrons. The van der Waals surface area contributed by atoms with Crippen molar-refractivity contribution in [1.29, 1.82) is 5.41 Å². The predicted octanol–water partition coefficient (Wildman–Crippen LogP) is 0.530. The summed E-state index contributed by atoms with van der Waals surface area (Å²) in [7, 11) is 0. The van der Waals surface area contributed by atoms with E-state index in [1.54, 1.807) is 0 Å². The minimum atomic E-state index is -0.385. The van der Waals surface area contributed by atoms with Gasteiger partial charge in [-0.05, 0) is 12.8 Å². The first-order valence-corrected chi connectivity index (χ1v) is 4.66. The topological polar surface area (TPSA) is 79.0 Å². The van der Waals surface area contributed by atoms with Crippen molar-refractivity contribution in [2.45, 2.75) is 32.1 Å². The molecular weight excluding hydrogens is 166 g/mol. The Balaban J connectivity index is 2.47. The van der Waals surface area contributed by atoms with E-state index in [2.05, 4.69) is 11.6 Å². The monoisotopic (exact) mass is 182 g/mol. The summed E-state index contributed by atoms with van der Waals surface area (Å²) >= 11 is 0. The van der Waals surface area contributed by atoms with Crippen molar-refractivity contribution in [3.05, 3.63) is 0 Å². The van der Waals surface area contributed by atoms with Crippen LogP contribution in [0.4, 0.5) is 0 Å². The molecule has 1 aliphatic carbocycles. The third kappa shape index (κ3) is 2.72. The molecule has 0 spiro atoms. The number of rotatable bonds is 3. The van der Waals surface area contributed by atoms with Crippen molar-refractivity contribution >= 4 is 12.2 Å². The molecule has 4 heteroatoms. The molecule has 0 atom stereocenters. The Kier molecular flexibility index (Phi) is 3.28. The molecule has 0 aromatic heterocycles. The van der Waals surface area contributed by atoms with Crippen LogP contribution in [-0.2, 0) is 4.79 Å². The molecule has 13 heavy (non-hydrogen) atoms. The van der Waals surface area contributed by atoms with Gasteiger partial charge in [-0.15, -0.1) is 0 Å². The molecule has 0 amide bonds. The smallest absolute Gasteiger partial charge is 0.206 e. The van der Waals surface area contributed by atoms with Crippen molar-refractivity contribution in [1.82, 2.24) is 5.32 Å². The maximum Gasteiger partial charge on any atom is 0.206 e. The summed E-state index contributed by atoms with van der Waals surface area (Å²) in [5.74, 6) is -0.0693. The zero-order valence-electron chi connectivity index (χ0n) is 7.73. The van der Waals surface area contributed by atoms with Crippen LogP contribution < -0.4 is 11.1 Å². The SMILES string of the molecule is N=C(N)NCC1([C]=O)CCCCC1. The number of hydrogen-bond donors (Lipinski definition) is 3. The first kappa shape index (κ1) is 10.0. The third-order valence-electron chi connectivity index (χ3n) is 2.64. The average Bonchev–Trinajstić information content (AvgIpc) is 2.16. The summed E-state index contributed by atoms with van der Waals surface area (Å²) in [6, 6.07) is 0. The molecule has 0 aromatic rings. The quantitative estimate of drug-likeness (QED) is 0.440. The van der Waals surface area contributed by atoms with Crippen LogP contribution in [0.2, 0.25) is 0 Å².